The summed E-state index contributed by atoms with van der Waals surface area (Å²) in [6, 6.07) is 7.62. The minimum Gasteiger partial charge on any atom is -0.397 e. The molecule has 1 fully saturated rings. The molecule has 7 heteroatoms. The Hall–Kier alpha value is -0.893. The number of hydrogen-bond donors (Lipinski definition) is 0. The number of rotatable bonds is 5. The summed E-state index contributed by atoms with van der Waals surface area (Å²) in [7, 11) is -2.50. The molecule has 1 saturated heterocycles. The molecule has 3 unspecified atom stereocenters. The van der Waals surface area contributed by atoms with Crippen molar-refractivity contribution in [3.8, 4) is 0 Å². The molecule has 0 N–H and O–H groups in total. The first-order valence-corrected chi connectivity index (χ1v) is 10.7. The Bertz CT molecular complexity index is 516. The van der Waals surface area contributed by atoms with Gasteiger partial charge in [0.2, 0.25) is 5.60 Å². The monoisotopic (exact) mass is 333 g/mol. The fourth-order valence-electron chi connectivity index (χ4n) is 2.52. The summed E-state index contributed by atoms with van der Waals surface area (Å²) in [5.41, 5.74) is -2.37. The van der Waals surface area contributed by atoms with Gasteiger partial charge in [-0.3, -0.25) is 4.84 Å². The van der Waals surface area contributed by atoms with Crippen LogP contribution < -0.4 is 0 Å². The number of benzene rings is 1. The van der Waals surface area contributed by atoms with Crippen LogP contribution in [0.25, 0.3) is 0 Å². The number of hydroxylamine groups is 2. The van der Waals surface area contributed by atoms with Crippen molar-refractivity contribution in [2.45, 2.75) is 57.5 Å². The fourth-order valence-corrected chi connectivity index (χ4v) is 3.82. The van der Waals surface area contributed by atoms with Gasteiger partial charge in [0, 0.05) is 6.04 Å². The van der Waals surface area contributed by atoms with Crippen molar-refractivity contribution in [1.29, 1.82) is 0 Å². The molecule has 0 spiro atoms. The molecule has 22 heavy (non-hydrogen) atoms. The van der Waals surface area contributed by atoms with Crippen molar-refractivity contribution in [2.75, 3.05) is 0 Å². The van der Waals surface area contributed by atoms with Crippen LogP contribution in [0.1, 0.15) is 19.4 Å². The van der Waals surface area contributed by atoms with E-state index in [-0.39, 0.29) is 11.6 Å². The normalized spacial score (nSPS) is 25.1. The summed E-state index contributed by atoms with van der Waals surface area (Å²) in [5, 5.41) is 1.35. The van der Waals surface area contributed by atoms with Crippen molar-refractivity contribution in [3.63, 3.8) is 0 Å². The van der Waals surface area contributed by atoms with Crippen LogP contribution in [0, 0.1) is 0 Å². The van der Waals surface area contributed by atoms with E-state index in [1.807, 2.05) is 0 Å². The molecule has 1 aromatic rings. The molecule has 0 aliphatic carbocycles. The molecular weight excluding hydrogens is 311 g/mol. The molecule has 0 saturated carbocycles. The molecule has 0 bridgehead atoms. The maximum absolute atomic E-state index is 14.1. The van der Waals surface area contributed by atoms with Crippen LogP contribution in [0.3, 0.4) is 0 Å². The van der Waals surface area contributed by atoms with E-state index in [4.69, 9.17) is 9.26 Å². The van der Waals surface area contributed by atoms with Crippen LogP contribution >= 0.6 is 0 Å². The quantitative estimate of drug-likeness (QED) is 0.594. The van der Waals surface area contributed by atoms with Crippen LogP contribution in [0.2, 0.25) is 19.6 Å². The van der Waals surface area contributed by atoms with Gasteiger partial charge in [-0.2, -0.15) is 18.2 Å². The molecule has 0 radical (unpaired) electrons. The molecule has 3 nitrogen and oxygen atoms in total. The summed E-state index contributed by atoms with van der Waals surface area (Å²) in [6.45, 7) is 8.83. The van der Waals surface area contributed by atoms with Gasteiger partial charge in [-0.05, 0) is 39.1 Å². The highest BCUT2D eigenvalue weighted by Crippen LogP contribution is 2.53. The van der Waals surface area contributed by atoms with Crippen LogP contribution in [0.4, 0.5) is 13.2 Å². The average Bonchev–Trinajstić information content (AvgIpc) is 3.15. The van der Waals surface area contributed by atoms with Gasteiger partial charge in [0.15, 0.2) is 14.5 Å². The molecule has 124 valence electrons. The second-order valence-corrected chi connectivity index (χ2v) is 11.2. The molecular formula is C15H22F3NO2Si. The Morgan fingerprint density at radius 3 is 2.05 bits per heavy atom. The van der Waals surface area contributed by atoms with Crippen molar-refractivity contribution in [1.82, 2.24) is 5.06 Å². The Kier molecular flexibility index (Phi) is 4.47. The lowest BCUT2D eigenvalue weighted by molar-refractivity contribution is -0.266. The van der Waals surface area contributed by atoms with Crippen LogP contribution in [-0.4, -0.2) is 31.8 Å². The SMILES string of the molecule is CC(C)N1OC1C(O[Si](C)(C)C)(c1ccccc1)C(F)(F)F. The van der Waals surface area contributed by atoms with E-state index < -0.39 is 26.3 Å². The second kappa shape index (κ2) is 5.63. The molecule has 1 aliphatic rings. The minimum atomic E-state index is -4.58. The maximum Gasteiger partial charge on any atom is 0.424 e. The average molecular weight is 333 g/mol. The highest BCUT2D eigenvalue weighted by atomic mass is 28.4. The summed E-state index contributed by atoms with van der Waals surface area (Å²) >= 11 is 0. The zero-order valence-corrected chi connectivity index (χ0v) is 14.4. The van der Waals surface area contributed by atoms with Crippen LogP contribution in [0.5, 0.6) is 0 Å². The Morgan fingerprint density at radius 1 is 1.14 bits per heavy atom. The smallest absolute Gasteiger partial charge is 0.397 e. The van der Waals surface area contributed by atoms with Gasteiger partial charge in [0.25, 0.3) is 0 Å². The lowest BCUT2D eigenvalue weighted by atomic mass is 9.92. The highest BCUT2D eigenvalue weighted by molar-refractivity contribution is 6.69. The minimum absolute atomic E-state index is 0.0816. The van der Waals surface area contributed by atoms with Gasteiger partial charge in [0.1, 0.15) is 0 Å². The van der Waals surface area contributed by atoms with E-state index in [0.717, 1.165) is 0 Å². The van der Waals surface area contributed by atoms with E-state index in [0.29, 0.717) is 0 Å². The first-order chi connectivity index (χ1) is 9.99. The number of halogens is 3. The van der Waals surface area contributed by atoms with E-state index in [1.54, 1.807) is 51.7 Å². The third kappa shape index (κ3) is 3.22. The Balaban J connectivity index is 2.56. The largest absolute Gasteiger partial charge is 0.424 e. The van der Waals surface area contributed by atoms with Gasteiger partial charge in [-0.1, -0.05) is 30.3 Å². The number of nitrogens with zero attached hydrogens (tertiary/aromatic N) is 1. The van der Waals surface area contributed by atoms with Crippen molar-refractivity contribution in [2.24, 2.45) is 0 Å². The van der Waals surface area contributed by atoms with Gasteiger partial charge in [0.05, 0.1) is 0 Å². The van der Waals surface area contributed by atoms with Crippen LogP contribution in [-0.2, 0) is 14.9 Å². The van der Waals surface area contributed by atoms with Gasteiger partial charge >= 0.3 is 6.18 Å². The summed E-state index contributed by atoms with van der Waals surface area (Å²) in [6.07, 6.45) is -5.73. The number of hydrogen-bond acceptors (Lipinski definition) is 3. The van der Waals surface area contributed by atoms with E-state index in [9.17, 15) is 13.2 Å². The molecule has 3 atom stereocenters. The van der Waals surface area contributed by atoms with Crippen molar-refractivity contribution < 1.29 is 22.4 Å². The lowest BCUT2D eigenvalue weighted by Gasteiger charge is -2.39. The molecule has 1 heterocycles. The summed E-state index contributed by atoms with van der Waals surface area (Å²) in [5.74, 6) is 0. The molecule has 1 aliphatic heterocycles. The van der Waals surface area contributed by atoms with Gasteiger partial charge in [-0.15, -0.1) is 0 Å². The topological polar surface area (TPSA) is 24.8 Å². The van der Waals surface area contributed by atoms with Gasteiger partial charge in [-0.25, -0.2) is 0 Å². The van der Waals surface area contributed by atoms with E-state index in [1.165, 1.54) is 17.2 Å². The highest BCUT2D eigenvalue weighted by Gasteiger charge is 2.71. The summed E-state index contributed by atoms with van der Waals surface area (Å²) < 4.78 is 48.1. The van der Waals surface area contributed by atoms with E-state index >= 15 is 0 Å². The third-order valence-electron chi connectivity index (χ3n) is 3.35. The Labute approximate surface area is 130 Å². The summed E-state index contributed by atoms with van der Waals surface area (Å²) in [4.78, 5) is 5.28. The van der Waals surface area contributed by atoms with Gasteiger partial charge < -0.3 is 4.43 Å². The molecule has 2 rings (SSSR count). The third-order valence-corrected chi connectivity index (χ3v) is 4.29. The number of alkyl halides is 3. The van der Waals surface area contributed by atoms with E-state index in [2.05, 4.69) is 0 Å². The fraction of sp³-hybridized carbons (Fsp3) is 0.600. The van der Waals surface area contributed by atoms with Crippen molar-refractivity contribution >= 4 is 8.32 Å². The predicted molar refractivity (Wildman–Crippen MR) is 80.5 cm³/mol. The first-order valence-electron chi connectivity index (χ1n) is 7.26. The molecule has 0 aromatic heterocycles. The van der Waals surface area contributed by atoms with Crippen LogP contribution in [0.15, 0.2) is 30.3 Å². The van der Waals surface area contributed by atoms with Crippen molar-refractivity contribution in [3.05, 3.63) is 35.9 Å². The predicted octanol–water partition coefficient (Wildman–Crippen LogP) is 4.28. The molecule has 1 aromatic carbocycles. The lowest BCUT2D eigenvalue weighted by Crippen LogP contribution is -2.55. The standard InChI is InChI=1S/C15H22F3NO2Si/c1-11(2)19-13(20-19)14(15(16,17)18,21-22(3,4)5)12-9-7-6-8-10-12/h6-11,13H,1-5H3. The Morgan fingerprint density at radius 2 is 1.68 bits per heavy atom. The second-order valence-electron chi connectivity index (χ2n) is 6.73. The zero-order chi connectivity index (χ0) is 16.8. The first kappa shape index (κ1) is 17.5. The molecule has 0 amide bonds. The maximum atomic E-state index is 14.1. The zero-order valence-electron chi connectivity index (χ0n) is 13.4.